The highest BCUT2D eigenvalue weighted by Crippen LogP contribution is 2.18. The second-order valence-electron chi connectivity index (χ2n) is 22.8. The number of hydrogen-bond acceptors (Lipinski definition) is 5. The average molecular weight is 1030 g/mol. The zero-order valence-electron chi connectivity index (χ0n) is 49.4. The molecule has 0 aliphatic rings. The van der Waals surface area contributed by atoms with Crippen molar-refractivity contribution >= 4 is 11.9 Å². The highest BCUT2D eigenvalue weighted by Gasteiger charge is 2.18. The summed E-state index contributed by atoms with van der Waals surface area (Å²) in [5.41, 5.74) is 0. The highest BCUT2D eigenvalue weighted by molar-refractivity contribution is 5.76. The number of unbranched alkanes of at least 4 members (excludes halogenated alkanes) is 49. The van der Waals surface area contributed by atoms with Gasteiger partial charge in [-0.2, -0.15) is 0 Å². The molecule has 0 aliphatic heterocycles. The van der Waals surface area contributed by atoms with Crippen molar-refractivity contribution in [3.63, 3.8) is 0 Å². The number of rotatable bonds is 62. The number of carbonyl (C=O) groups excluding carboxylic acids is 2. The first kappa shape index (κ1) is 71.3. The molecule has 0 radical (unpaired) electrons. The van der Waals surface area contributed by atoms with Crippen LogP contribution in [0.3, 0.4) is 0 Å². The molecule has 0 fully saturated rings. The van der Waals surface area contributed by atoms with E-state index in [0.717, 1.165) is 44.9 Å². The van der Waals surface area contributed by atoms with Crippen LogP contribution in [0.25, 0.3) is 0 Å². The van der Waals surface area contributed by atoms with E-state index >= 15 is 0 Å². The third-order valence-corrected chi connectivity index (χ3v) is 15.5. The van der Waals surface area contributed by atoms with Crippen LogP contribution in [-0.4, -0.2) is 47.4 Å². The van der Waals surface area contributed by atoms with Gasteiger partial charge in [0.15, 0.2) is 0 Å². The van der Waals surface area contributed by atoms with Crippen molar-refractivity contribution < 1.29 is 24.5 Å². The first-order valence-corrected chi connectivity index (χ1v) is 33.1. The molecule has 6 heteroatoms. The van der Waals surface area contributed by atoms with Gasteiger partial charge >= 0.3 is 5.97 Å². The summed E-state index contributed by atoms with van der Waals surface area (Å²) < 4.78 is 5.47. The summed E-state index contributed by atoms with van der Waals surface area (Å²) in [6, 6.07) is -0.621. The van der Waals surface area contributed by atoms with Crippen LogP contribution in [0.15, 0.2) is 24.3 Å². The van der Waals surface area contributed by atoms with E-state index in [9.17, 15) is 19.8 Å². The summed E-state index contributed by atoms with van der Waals surface area (Å²) in [7, 11) is 0. The molecule has 0 aromatic heterocycles. The summed E-state index contributed by atoms with van der Waals surface area (Å²) in [5.74, 6) is -0.0519. The summed E-state index contributed by atoms with van der Waals surface area (Å²) in [6.45, 7) is 4.87. The summed E-state index contributed by atoms with van der Waals surface area (Å²) in [6.07, 6.45) is 78.4. The molecular formula is C67H129NO5. The Balaban J connectivity index is 3.29. The highest BCUT2D eigenvalue weighted by atomic mass is 16.5. The van der Waals surface area contributed by atoms with Crippen LogP contribution in [0.1, 0.15) is 367 Å². The molecule has 6 nitrogen and oxygen atoms in total. The Kier molecular flexibility index (Phi) is 61.4. The van der Waals surface area contributed by atoms with Crippen LogP contribution in [-0.2, 0) is 14.3 Å². The van der Waals surface area contributed by atoms with E-state index in [-0.39, 0.29) is 18.5 Å². The van der Waals surface area contributed by atoms with Crippen LogP contribution in [0.5, 0.6) is 0 Å². The van der Waals surface area contributed by atoms with E-state index < -0.39 is 12.1 Å². The van der Waals surface area contributed by atoms with Gasteiger partial charge in [0.2, 0.25) is 5.91 Å². The number of aliphatic hydroxyl groups is 2. The zero-order chi connectivity index (χ0) is 52.9. The van der Waals surface area contributed by atoms with Gasteiger partial charge < -0.3 is 20.3 Å². The lowest BCUT2D eigenvalue weighted by Crippen LogP contribution is -2.45. The van der Waals surface area contributed by atoms with Crippen LogP contribution in [0.2, 0.25) is 0 Å². The Labute approximate surface area is 456 Å². The van der Waals surface area contributed by atoms with Gasteiger partial charge in [-0.15, -0.1) is 0 Å². The molecule has 0 saturated carbocycles. The van der Waals surface area contributed by atoms with Crippen molar-refractivity contribution in [3.8, 4) is 0 Å². The molecular weight excluding hydrogens is 899 g/mol. The average Bonchev–Trinajstić information content (AvgIpc) is 3.39. The third kappa shape index (κ3) is 59.4. The Morgan fingerprint density at radius 3 is 1.01 bits per heavy atom. The Morgan fingerprint density at radius 2 is 0.658 bits per heavy atom. The molecule has 0 aromatic rings. The van der Waals surface area contributed by atoms with Crippen molar-refractivity contribution in [1.82, 2.24) is 5.32 Å². The van der Waals surface area contributed by atoms with Gasteiger partial charge in [-0.05, 0) is 51.4 Å². The lowest BCUT2D eigenvalue weighted by molar-refractivity contribution is -0.143. The minimum Gasteiger partial charge on any atom is -0.466 e. The molecule has 0 saturated heterocycles. The van der Waals surface area contributed by atoms with E-state index in [2.05, 4.69) is 31.3 Å². The fourth-order valence-corrected chi connectivity index (χ4v) is 10.4. The van der Waals surface area contributed by atoms with Crippen LogP contribution < -0.4 is 5.32 Å². The van der Waals surface area contributed by atoms with E-state index in [4.69, 9.17) is 4.74 Å². The standard InChI is InChI=1S/C67H129NO5/c1-3-5-7-9-11-13-40-45-49-53-57-61-67(72)73-62-58-54-50-46-42-39-37-35-33-31-29-27-25-23-21-19-17-15-16-18-20-22-24-26-28-30-32-34-36-38-41-44-48-52-56-60-66(71)68-64(63-69)65(70)59-55-51-47-43-14-12-10-8-6-4-2/h9,11,55,59,64-65,69-70H,3-8,10,12-54,56-58,60-63H2,1-2H3,(H,68,71)/b11-9-,59-55+. The minimum absolute atomic E-state index is 0.0114. The van der Waals surface area contributed by atoms with E-state index in [1.807, 2.05) is 6.08 Å². The smallest absolute Gasteiger partial charge is 0.305 e. The number of amides is 1. The molecule has 2 atom stereocenters. The molecule has 0 heterocycles. The molecule has 432 valence electrons. The monoisotopic (exact) mass is 1030 g/mol. The quantitative estimate of drug-likeness (QED) is 0.0320. The van der Waals surface area contributed by atoms with Gasteiger partial charge in [0, 0.05) is 12.8 Å². The van der Waals surface area contributed by atoms with Gasteiger partial charge in [-0.3, -0.25) is 9.59 Å². The Morgan fingerprint density at radius 1 is 0.370 bits per heavy atom. The number of allylic oxidation sites excluding steroid dienone is 3. The maximum Gasteiger partial charge on any atom is 0.305 e. The zero-order valence-corrected chi connectivity index (χ0v) is 49.4. The van der Waals surface area contributed by atoms with Crippen molar-refractivity contribution in [1.29, 1.82) is 0 Å². The molecule has 2 unspecified atom stereocenters. The largest absolute Gasteiger partial charge is 0.466 e. The fraction of sp³-hybridized carbons (Fsp3) is 0.910. The van der Waals surface area contributed by atoms with Crippen LogP contribution >= 0.6 is 0 Å². The van der Waals surface area contributed by atoms with E-state index in [0.29, 0.717) is 19.4 Å². The molecule has 0 aromatic carbocycles. The second kappa shape index (κ2) is 62.9. The predicted octanol–water partition coefficient (Wildman–Crippen LogP) is 21.0. The van der Waals surface area contributed by atoms with E-state index in [1.54, 1.807) is 6.08 Å². The number of esters is 1. The van der Waals surface area contributed by atoms with Crippen LogP contribution in [0, 0.1) is 0 Å². The van der Waals surface area contributed by atoms with Crippen molar-refractivity contribution in [2.45, 2.75) is 379 Å². The van der Waals surface area contributed by atoms with Crippen molar-refractivity contribution in [2.75, 3.05) is 13.2 Å². The second-order valence-corrected chi connectivity index (χ2v) is 22.8. The van der Waals surface area contributed by atoms with Gasteiger partial charge in [0.1, 0.15) is 0 Å². The lowest BCUT2D eigenvalue weighted by atomic mass is 10.0. The Bertz CT molecular complexity index is 1140. The fourth-order valence-electron chi connectivity index (χ4n) is 10.4. The molecule has 73 heavy (non-hydrogen) atoms. The lowest BCUT2D eigenvalue weighted by Gasteiger charge is -2.20. The molecule has 0 bridgehead atoms. The first-order valence-electron chi connectivity index (χ1n) is 33.1. The predicted molar refractivity (Wildman–Crippen MR) is 320 cm³/mol. The SMILES string of the molecule is CCCC/C=C\CCCCCCCC(=O)OCCCCCCCCCCCCCCCCCCCCCCCCCCCCCCCCCCCCCC(=O)NC(CO)C(O)/C=C/CCCCCCCCCC. The number of nitrogens with one attached hydrogen (secondary N) is 1. The Hall–Kier alpha value is -1.66. The van der Waals surface area contributed by atoms with Gasteiger partial charge in [0.05, 0.1) is 25.4 Å². The number of ether oxygens (including phenoxy) is 1. The van der Waals surface area contributed by atoms with Gasteiger partial charge in [-0.1, -0.05) is 327 Å². The van der Waals surface area contributed by atoms with E-state index in [1.165, 1.54) is 295 Å². The minimum atomic E-state index is -0.838. The molecule has 0 spiro atoms. The maximum absolute atomic E-state index is 12.4. The van der Waals surface area contributed by atoms with Crippen molar-refractivity contribution in [3.05, 3.63) is 24.3 Å². The number of carbonyl (C=O) groups is 2. The van der Waals surface area contributed by atoms with Gasteiger partial charge in [0.25, 0.3) is 0 Å². The summed E-state index contributed by atoms with van der Waals surface area (Å²) in [4.78, 5) is 24.4. The first-order chi connectivity index (χ1) is 36.0. The molecule has 0 rings (SSSR count). The number of aliphatic hydroxyl groups excluding tert-OH is 2. The molecule has 3 N–H and O–H groups in total. The summed E-state index contributed by atoms with van der Waals surface area (Å²) in [5, 5.41) is 23.0. The maximum atomic E-state index is 12.4. The van der Waals surface area contributed by atoms with Crippen molar-refractivity contribution in [2.24, 2.45) is 0 Å². The van der Waals surface area contributed by atoms with Gasteiger partial charge in [-0.25, -0.2) is 0 Å². The van der Waals surface area contributed by atoms with Crippen LogP contribution in [0.4, 0.5) is 0 Å². The molecule has 1 amide bonds. The third-order valence-electron chi connectivity index (χ3n) is 15.5. The summed E-state index contributed by atoms with van der Waals surface area (Å²) >= 11 is 0. The topological polar surface area (TPSA) is 95.9 Å². The normalized spacial score (nSPS) is 12.7. The number of hydrogen-bond donors (Lipinski definition) is 3. The molecule has 0 aliphatic carbocycles.